The molecule has 0 saturated carbocycles. The first kappa shape index (κ1) is 55.6. The van der Waals surface area contributed by atoms with Gasteiger partial charge in [-0.2, -0.15) is 10.5 Å². The largest absolute Gasteiger partial charge is 0.468 e. The Kier molecular flexibility index (Phi) is 22.0. The lowest BCUT2D eigenvalue weighted by Crippen LogP contribution is -2.25. The van der Waals surface area contributed by atoms with Crippen molar-refractivity contribution in [3.63, 3.8) is 0 Å². The van der Waals surface area contributed by atoms with Crippen LogP contribution in [0.1, 0.15) is 17.2 Å². The number of halogens is 6. The normalized spacial score (nSPS) is 9.99. The summed E-state index contributed by atoms with van der Waals surface area (Å²) in [6.07, 6.45) is 12.9. The molecule has 8 aromatic heterocycles. The van der Waals surface area contributed by atoms with E-state index in [-0.39, 0.29) is 43.6 Å². The summed E-state index contributed by atoms with van der Waals surface area (Å²) in [5, 5.41) is 26.0. The highest BCUT2D eigenvalue weighted by atomic mass is 79.9. The molecule has 0 spiro atoms. The number of aromatic nitrogens is 8. The lowest BCUT2D eigenvalue weighted by atomic mass is 10.3. The van der Waals surface area contributed by atoms with E-state index >= 15 is 0 Å². The number of hydrogen-bond donors (Lipinski definition) is 3. The predicted molar refractivity (Wildman–Crippen MR) is 272 cm³/mol. The molecule has 0 atom stereocenters. The third-order valence-corrected chi connectivity index (χ3v) is 11.8. The minimum atomic E-state index is -0.241. The minimum Gasteiger partial charge on any atom is -0.468 e. The van der Waals surface area contributed by atoms with E-state index in [1.807, 2.05) is 18.2 Å². The molecule has 0 fully saturated rings. The number of ether oxygens (including phenoxy) is 1. The van der Waals surface area contributed by atoms with Crippen molar-refractivity contribution < 1.29 is 19.1 Å². The third-order valence-electron chi connectivity index (χ3n) is 8.37. The molecule has 0 saturated heterocycles. The number of H-pyrrole nitrogens is 1. The Morgan fingerprint density at radius 3 is 1.75 bits per heavy atom. The van der Waals surface area contributed by atoms with Crippen molar-refractivity contribution in [1.29, 1.82) is 10.5 Å². The molecule has 67 heavy (non-hydrogen) atoms. The van der Waals surface area contributed by atoms with Crippen molar-refractivity contribution in [2.75, 3.05) is 51.7 Å². The van der Waals surface area contributed by atoms with E-state index in [2.05, 4.69) is 55.9 Å². The van der Waals surface area contributed by atoms with Gasteiger partial charge in [0.25, 0.3) is 0 Å². The van der Waals surface area contributed by atoms with Crippen LogP contribution in [0.5, 0.6) is 0 Å². The van der Waals surface area contributed by atoms with Crippen LogP contribution in [0.2, 0.25) is 25.4 Å². The van der Waals surface area contributed by atoms with Gasteiger partial charge < -0.3 is 39.7 Å². The maximum atomic E-state index is 12.0. The number of rotatable bonds is 7. The number of carbonyl (C=O) groups is 3. The predicted octanol–water partition coefficient (Wildman–Crippen LogP) is 9.94. The zero-order chi connectivity index (χ0) is 48.7. The summed E-state index contributed by atoms with van der Waals surface area (Å²) >= 11 is 35.3. The van der Waals surface area contributed by atoms with Gasteiger partial charge in [0.2, 0.25) is 11.8 Å². The number of fused-ring (bicyclic) bond motifs is 3. The average molecular weight is 1110 g/mol. The molecule has 0 bridgehead atoms. The Labute approximate surface area is 425 Å². The van der Waals surface area contributed by atoms with Gasteiger partial charge in [-0.1, -0.05) is 104 Å². The van der Waals surface area contributed by atoms with Crippen LogP contribution in [0.3, 0.4) is 0 Å². The van der Waals surface area contributed by atoms with Crippen LogP contribution in [0.4, 0.5) is 16.1 Å². The Morgan fingerprint density at radius 2 is 1.28 bits per heavy atom. The standard InChI is InChI=1S/C15H13ClN6OS.C11H11Cl2N3O.C7H4Cl2N2.C4H3N3S.C3H5BrO2.CH4/c1-21(2)12(23)8-22-7-10(16)13-11(22)3-4-18-14(13)20-15-19-6-9(5-17)24-15;1-15(2)9(17)6-16-5-7(12)10-8(16)3-4-14-11(10)13;8-4-3-11-5-1-2-10-7(9)6(4)5;5-1-3-2-7-4(6)8-3;1-6-3(5)2-4;/h3-4,6-7H,8H2,1-2H3,(H,18,19,20);3-5H,6H2,1-2H3;1-3,11H;2H,(H2,6,7);2H2,1H3;1H4. The van der Waals surface area contributed by atoms with Gasteiger partial charge in [0.15, 0.2) is 10.3 Å². The number of pyridine rings is 3. The van der Waals surface area contributed by atoms with E-state index in [9.17, 15) is 14.4 Å². The number of esters is 1. The Hall–Kier alpha value is -5.75. The zero-order valence-corrected chi connectivity index (χ0v) is 42.2. The number of methoxy groups -OCH3 is 1. The lowest BCUT2D eigenvalue weighted by molar-refractivity contribution is -0.137. The summed E-state index contributed by atoms with van der Waals surface area (Å²) in [7, 11) is 8.19. The first-order valence-electron chi connectivity index (χ1n) is 18.4. The summed E-state index contributed by atoms with van der Waals surface area (Å²) in [4.78, 5) is 60.6. The number of aromatic amines is 1. The molecular formula is C41H40BrCl5N14O4S2. The van der Waals surface area contributed by atoms with E-state index in [4.69, 9.17) is 74.3 Å². The first-order chi connectivity index (χ1) is 31.4. The van der Waals surface area contributed by atoms with Crippen LogP contribution in [0.15, 0.2) is 67.8 Å². The number of anilines is 3. The van der Waals surface area contributed by atoms with Gasteiger partial charge in [0.05, 0.1) is 67.3 Å². The van der Waals surface area contributed by atoms with Crippen LogP contribution in [0.25, 0.3) is 32.7 Å². The fourth-order valence-corrected chi connectivity index (χ4v) is 7.95. The SMILES string of the molecule is C.CN(C)C(=O)Cn1cc(Cl)c2c(Cl)nccc21.CN(C)C(=O)Cn1cc(Cl)c2c(Nc3ncc(C#N)s3)nccc21.COC(=O)CBr.Clc1c[nH]c2ccnc(Cl)c12.N#Cc1cnc(N)s1. The molecule has 8 rings (SSSR count). The molecular weight excluding hydrogens is 1070 g/mol. The monoisotopic (exact) mass is 1110 g/mol. The second-order valence-corrected chi connectivity index (χ2v) is 17.7. The highest BCUT2D eigenvalue weighted by molar-refractivity contribution is 9.09. The van der Waals surface area contributed by atoms with E-state index in [0.717, 1.165) is 21.9 Å². The molecule has 0 aliphatic heterocycles. The number of nitrogens with two attached hydrogens (primary N) is 1. The van der Waals surface area contributed by atoms with Crippen LogP contribution < -0.4 is 11.1 Å². The quantitative estimate of drug-likeness (QED) is 0.0765. The van der Waals surface area contributed by atoms with Gasteiger partial charge in [-0.25, -0.2) is 24.9 Å². The molecule has 0 aliphatic rings. The topological polar surface area (TPSA) is 243 Å². The Morgan fingerprint density at radius 1 is 0.776 bits per heavy atom. The molecule has 0 aromatic carbocycles. The number of nitrogens with one attached hydrogen (secondary N) is 2. The summed E-state index contributed by atoms with van der Waals surface area (Å²) in [5.41, 5.74) is 7.73. The molecule has 0 radical (unpaired) electrons. The average Bonchev–Trinajstić information content (AvgIpc) is 4.14. The van der Waals surface area contributed by atoms with E-state index < -0.39 is 0 Å². The van der Waals surface area contributed by atoms with Crippen LogP contribution in [0, 0.1) is 22.7 Å². The van der Waals surface area contributed by atoms with Crippen molar-refractivity contribution in [1.82, 2.24) is 48.8 Å². The highest BCUT2D eigenvalue weighted by Gasteiger charge is 2.17. The number of alkyl halides is 1. The first-order valence-corrected chi connectivity index (χ1v) is 23.0. The number of nitrogen functional groups attached to an aromatic ring is 1. The fourth-order valence-electron chi connectivity index (χ4n) is 5.16. The number of nitrogens with zero attached hydrogens (tertiary/aromatic N) is 11. The third kappa shape index (κ3) is 15.4. The Bertz CT molecular complexity index is 3040. The van der Waals surface area contributed by atoms with Gasteiger partial charge in [-0.05, 0) is 18.2 Å². The van der Waals surface area contributed by atoms with Crippen molar-refractivity contribution in [3.8, 4) is 12.1 Å². The maximum Gasteiger partial charge on any atom is 0.316 e. The van der Waals surface area contributed by atoms with E-state index in [1.54, 1.807) is 86.6 Å². The second-order valence-electron chi connectivity index (χ2n) is 13.1. The molecule has 2 amide bonds. The van der Waals surface area contributed by atoms with Crippen molar-refractivity contribution in [2.45, 2.75) is 20.5 Å². The van der Waals surface area contributed by atoms with Gasteiger partial charge in [0.1, 0.15) is 56.4 Å². The maximum absolute atomic E-state index is 12.0. The number of carbonyl (C=O) groups excluding carboxylic acids is 3. The summed E-state index contributed by atoms with van der Waals surface area (Å²) in [6, 6.07) is 9.38. The van der Waals surface area contributed by atoms with Crippen LogP contribution >= 0.6 is 96.6 Å². The fraction of sp³-hybridized carbons (Fsp3) is 0.220. The van der Waals surface area contributed by atoms with Crippen molar-refractivity contribution >= 4 is 163 Å². The number of nitriles is 2. The molecule has 8 aromatic rings. The van der Waals surface area contributed by atoms with E-state index in [1.165, 1.54) is 52.0 Å². The second kappa shape index (κ2) is 26.6. The summed E-state index contributed by atoms with van der Waals surface area (Å²) < 4.78 is 7.77. The smallest absolute Gasteiger partial charge is 0.316 e. The molecule has 0 aliphatic carbocycles. The number of hydrogen-bond acceptors (Lipinski definition) is 15. The molecule has 352 valence electrons. The lowest BCUT2D eigenvalue weighted by Gasteiger charge is -2.11. The Balaban J connectivity index is 0.000000241. The highest BCUT2D eigenvalue weighted by Crippen LogP contribution is 2.34. The van der Waals surface area contributed by atoms with E-state index in [0.29, 0.717) is 62.0 Å². The number of thiazole rings is 2. The van der Waals surface area contributed by atoms with Crippen molar-refractivity contribution in [3.05, 3.63) is 103 Å². The molecule has 26 heteroatoms. The van der Waals surface area contributed by atoms with Gasteiger partial charge in [-0.3, -0.25) is 14.4 Å². The summed E-state index contributed by atoms with van der Waals surface area (Å²) in [6.45, 7) is 0.423. The molecule has 8 heterocycles. The molecule has 18 nitrogen and oxygen atoms in total. The van der Waals surface area contributed by atoms with Gasteiger partial charge in [0, 0.05) is 65.4 Å². The molecule has 4 N–H and O–H groups in total. The molecule has 0 unspecified atom stereocenters. The van der Waals surface area contributed by atoms with Crippen LogP contribution in [-0.2, 0) is 32.2 Å². The van der Waals surface area contributed by atoms with Crippen LogP contribution in [-0.4, -0.2) is 107 Å². The van der Waals surface area contributed by atoms with Crippen molar-refractivity contribution in [2.24, 2.45) is 0 Å². The summed E-state index contributed by atoms with van der Waals surface area (Å²) in [5.74, 6) is 0.252. The number of likely N-dealkylation sites (N-methyl/N-ethyl adjacent to an activating group) is 2. The minimum absolute atomic E-state index is 0. The van der Waals surface area contributed by atoms with Gasteiger partial charge >= 0.3 is 5.97 Å². The number of amides is 2. The zero-order valence-electron chi connectivity index (χ0n) is 35.2. The van der Waals surface area contributed by atoms with Gasteiger partial charge in [-0.15, -0.1) is 0 Å².